The average molecular weight is 261 g/mol. The maximum absolute atomic E-state index is 10.7. The first-order chi connectivity index (χ1) is 8.90. The number of nitrogens with two attached hydrogens (primary N) is 1. The topological polar surface area (TPSA) is 99.9 Å². The third-order valence-corrected chi connectivity index (χ3v) is 2.78. The van der Waals surface area contributed by atoms with Gasteiger partial charge in [-0.3, -0.25) is 10.1 Å². The van der Waals surface area contributed by atoms with Crippen LogP contribution in [0.4, 0.5) is 11.4 Å². The molecule has 7 heteroatoms. The van der Waals surface area contributed by atoms with Gasteiger partial charge in [0, 0.05) is 36.3 Å². The Kier molecular flexibility index (Phi) is 3.20. The Bertz CT molecular complexity index is 633. The van der Waals surface area contributed by atoms with E-state index >= 15 is 0 Å². The van der Waals surface area contributed by atoms with Gasteiger partial charge in [-0.1, -0.05) is 13.8 Å². The van der Waals surface area contributed by atoms with Gasteiger partial charge >= 0.3 is 0 Å². The van der Waals surface area contributed by atoms with Crippen LogP contribution in [-0.4, -0.2) is 19.7 Å². The van der Waals surface area contributed by atoms with Crippen molar-refractivity contribution in [3.63, 3.8) is 0 Å². The van der Waals surface area contributed by atoms with E-state index in [-0.39, 0.29) is 11.6 Å². The highest BCUT2D eigenvalue weighted by Crippen LogP contribution is 2.28. The zero-order valence-electron chi connectivity index (χ0n) is 11.0. The van der Waals surface area contributed by atoms with Crippen molar-refractivity contribution in [2.45, 2.75) is 19.8 Å². The molecule has 2 rings (SSSR count). The molecule has 2 N–H and O–H groups in total. The first-order valence-corrected chi connectivity index (χ1v) is 5.85. The van der Waals surface area contributed by atoms with Crippen LogP contribution in [0.1, 0.15) is 25.6 Å². The summed E-state index contributed by atoms with van der Waals surface area (Å²) < 4.78 is 1.63. The molecule has 0 saturated heterocycles. The summed E-state index contributed by atoms with van der Waals surface area (Å²) in [6, 6.07) is 4.34. The summed E-state index contributed by atoms with van der Waals surface area (Å²) in [5.41, 5.74) is 6.79. The van der Waals surface area contributed by atoms with E-state index in [9.17, 15) is 10.1 Å². The lowest BCUT2D eigenvalue weighted by molar-refractivity contribution is -0.384. The van der Waals surface area contributed by atoms with E-state index in [4.69, 9.17) is 5.73 Å². The number of nitrogen functional groups attached to an aromatic ring is 1. The molecule has 0 radical (unpaired) electrons. The van der Waals surface area contributed by atoms with E-state index < -0.39 is 4.92 Å². The highest BCUT2D eigenvalue weighted by molar-refractivity contribution is 5.74. The normalized spacial score (nSPS) is 10.9. The molecular weight excluding hydrogens is 246 g/mol. The van der Waals surface area contributed by atoms with E-state index in [1.54, 1.807) is 17.8 Å². The van der Waals surface area contributed by atoms with Gasteiger partial charge in [-0.15, -0.1) is 0 Å². The quantitative estimate of drug-likeness (QED) is 0.518. The first-order valence-electron chi connectivity index (χ1n) is 5.85. The molecular formula is C12H15N5O2. The minimum atomic E-state index is -0.476. The van der Waals surface area contributed by atoms with E-state index in [1.807, 2.05) is 13.8 Å². The lowest BCUT2D eigenvalue weighted by atomic mass is 10.1. The second-order valence-electron chi connectivity index (χ2n) is 4.60. The molecule has 1 heterocycles. The minimum absolute atomic E-state index is 0.0347. The van der Waals surface area contributed by atoms with Crippen molar-refractivity contribution in [1.29, 1.82) is 0 Å². The van der Waals surface area contributed by atoms with Crippen molar-refractivity contribution in [1.82, 2.24) is 14.8 Å². The monoisotopic (exact) mass is 261 g/mol. The molecule has 0 bridgehead atoms. The second kappa shape index (κ2) is 4.68. The Labute approximate surface area is 110 Å². The summed E-state index contributed by atoms with van der Waals surface area (Å²) in [5.74, 6) is 1.53. The van der Waals surface area contributed by atoms with Crippen LogP contribution in [0.2, 0.25) is 0 Å². The molecule has 1 aromatic heterocycles. The summed E-state index contributed by atoms with van der Waals surface area (Å²) >= 11 is 0. The fourth-order valence-electron chi connectivity index (χ4n) is 1.75. The number of aryl methyl sites for hydroxylation is 1. The Hall–Kier alpha value is -2.44. The number of hydrogen-bond acceptors (Lipinski definition) is 5. The van der Waals surface area contributed by atoms with Crippen LogP contribution >= 0.6 is 0 Å². The molecule has 0 saturated carbocycles. The van der Waals surface area contributed by atoms with Gasteiger partial charge in [-0.2, -0.15) is 5.10 Å². The van der Waals surface area contributed by atoms with Crippen LogP contribution in [0, 0.1) is 10.1 Å². The van der Waals surface area contributed by atoms with E-state index in [1.165, 1.54) is 12.1 Å². The Morgan fingerprint density at radius 1 is 1.42 bits per heavy atom. The molecule has 0 aliphatic heterocycles. The molecule has 2 aromatic rings. The van der Waals surface area contributed by atoms with E-state index in [2.05, 4.69) is 10.1 Å². The Balaban J connectivity index is 2.50. The number of non-ortho nitro benzene ring substituents is 1. The van der Waals surface area contributed by atoms with Gasteiger partial charge < -0.3 is 5.73 Å². The number of hydrogen-bond donors (Lipinski definition) is 1. The number of benzene rings is 1. The lowest BCUT2D eigenvalue weighted by Crippen LogP contribution is -1.99. The molecule has 100 valence electrons. The third-order valence-electron chi connectivity index (χ3n) is 2.78. The number of rotatable bonds is 3. The van der Waals surface area contributed by atoms with Gasteiger partial charge in [-0.25, -0.2) is 9.67 Å². The summed E-state index contributed by atoms with van der Waals surface area (Å²) in [5, 5.41) is 15.0. The van der Waals surface area contributed by atoms with Crippen molar-refractivity contribution < 1.29 is 4.92 Å². The molecule has 0 aliphatic carbocycles. The largest absolute Gasteiger partial charge is 0.398 e. The summed E-state index contributed by atoms with van der Waals surface area (Å²) in [4.78, 5) is 14.6. The third kappa shape index (κ3) is 2.40. The lowest BCUT2D eigenvalue weighted by Gasteiger charge is -2.04. The van der Waals surface area contributed by atoms with Crippen LogP contribution in [0.15, 0.2) is 18.2 Å². The van der Waals surface area contributed by atoms with Gasteiger partial charge in [0.15, 0.2) is 11.6 Å². The standard InChI is InChI=1S/C12H15N5O2/c1-7(2)11-14-12(16(3)15-11)9-5-4-8(17(18)19)6-10(9)13/h4-7H,13H2,1-3H3. The van der Waals surface area contributed by atoms with Gasteiger partial charge in [-0.05, 0) is 6.07 Å². The molecule has 0 fully saturated rings. The van der Waals surface area contributed by atoms with Gasteiger partial charge in [0.05, 0.1) is 4.92 Å². The molecule has 0 amide bonds. The van der Waals surface area contributed by atoms with E-state index in [0.717, 1.165) is 5.82 Å². The van der Waals surface area contributed by atoms with Gasteiger partial charge in [0.2, 0.25) is 0 Å². The first kappa shape index (κ1) is 13.0. The zero-order chi connectivity index (χ0) is 14.2. The number of nitro benzene ring substituents is 1. The van der Waals surface area contributed by atoms with Gasteiger partial charge in [0.25, 0.3) is 5.69 Å². The van der Waals surface area contributed by atoms with Crippen LogP contribution < -0.4 is 5.73 Å². The van der Waals surface area contributed by atoms with Crippen molar-refractivity contribution in [3.8, 4) is 11.4 Å². The van der Waals surface area contributed by atoms with Crippen molar-refractivity contribution in [3.05, 3.63) is 34.1 Å². The molecule has 0 atom stereocenters. The smallest absolute Gasteiger partial charge is 0.271 e. The zero-order valence-corrected chi connectivity index (χ0v) is 11.0. The molecule has 7 nitrogen and oxygen atoms in total. The fraction of sp³-hybridized carbons (Fsp3) is 0.333. The fourth-order valence-corrected chi connectivity index (χ4v) is 1.75. The summed E-state index contributed by atoms with van der Waals surface area (Å²) in [7, 11) is 1.77. The highest BCUT2D eigenvalue weighted by atomic mass is 16.6. The van der Waals surface area contributed by atoms with E-state index in [0.29, 0.717) is 17.1 Å². The summed E-state index contributed by atoms with van der Waals surface area (Å²) in [6.07, 6.45) is 0. The predicted octanol–water partition coefficient (Wildman–Crippen LogP) is 2.10. The van der Waals surface area contributed by atoms with Crippen LogP contribution in [-0.2, 0) is 7.05 Å². The van der Waals surface area contributed by atoms with Crippen LogP contribution in [0.3, 0.4) is 0 Å². The molecule has 19 heavy (non-hydrogen) atoms. The van der Waals surface area contributed by atoms with Gasteiger partial charge in [0.1, 0.15) is 0 Å². The molecule has 1 aromatic carbocycles. The minimum Gasteiger partial charge on any atom is -0.398 e. The van der Waals surface area contributed by atoms with Crippen LogP contribution in [0.25, 0.3) is 11.4 Å². The maximum Gasteiger partial charge on any atom is 0.271 e. The number of nitro groups is 1. The Morgan fingerprint density at radius 2 is 2.11 bits per heavy atom. The number of aromatic nitrogens is 3. The number of anilines is 1. The SMILES string of the molecule is CC(C)c1nc(-c2ccc([N+](=O)[O-])cc2N)n(C)n1. The molecule has 0 spiro atoms. The average Bonchev–Trinajstić information content (AvgIpc) is 2.71. The predicted molar refractivity (Wildman–Crippen MR) is 71.6 cm³/mol. The number of nitrogens with zero attached hydrogens (tertiary/aromatic N) is 4. The molecule has 0 aliphatic rings. The second-order valence-corrected chi connectivity index (χ2v) is 4.60. The maximum atomic E-state index is 10.7. The van der Waals surface area contributed by atoms with Crippen molar-refractivity contribution >= 4 is 11.4 Å². The highest BCUT2D eigenvalue weighted by Gasteiger charge is 2.16. The van der Waals surface area contributed by atoms with Crippen molar-refractivity contribution in [2.24, 2.45) is 7.05 Å². The Morgan fingerprint density at radius 3 is 2.58 bits per heavy atom. The van der Waals surface area contributed by atoms with Crippen molar-refractivity contribution in [2.75, 3.05) is 5.73 Å². The molecule has 0 unspecified atom stereocenters. The van der Waals surface area contributed by atoms with Crippen LogP contribution in [0.5, 0.6) is 0 Å². The summed E-state index contributed by atoms with van der Waals surface area (Å²) in [6.45, 7) is 4.00.